The molecule has 178 valence electrons. The highest BCUT2D eigenvalue weighted by atomic mass is 32.2. The molecule has 2 aliphatic heterocycles. The third-order valence-electron chi connectivity index (χ3n) is 5.56. The number of hydrogen-bond acceptors (Lipinski definition) is 8. The van der Waals surface area contributed by atoms with E-state index in [1.165, 1.54) is 25.1 Å². The quantitative estimate of drug-likeness (QED) is 0.614. The van der Waals surface area contributed by atoms with Crippen LogP contribution in [0.3, 0.4) is 0 Å². The van der Waals surface area contributed by atoms with E-state index in [9.17, 15) is 18.0 Å². The molecular weight excluding hydrogens is 462 g/mol. The molecule has 0 saturated carbocycles. The number of anilines is 1. The topological polar surface area (TPSA) is 135 Å². The molecule has 10 nitrogen and oxygen atoms in total. The van der Waals surface area contributed by atoms with E-state index >= 15 is 0 Å². The van der Waals surface area contributed by atoms with Crippen molar-refractivity contribution in [3.63, 3.8) is 0 Å². The average Bonchev–Trinajstić information content (AvgIpc) is 3.35. The third kappa shape index (κ3) is 4.69. The van der Waals surface area contributed by atoms with Gasteiger partial charge < -0.3 is 19.5 Å². The second kappa shape index (κ2) is 9.70. The number of rotatable bonds is 6. The minimum atomic E-state index is -4.02. The maximum absolute atomic E-state index is 13.3. The summed E-state index contributed by atoms with van der Waals surface area (Å²) in [7, 11) is -4.02. The van der Waals surface area contributed by atoms with Crippen LogP contribution in [0.5, 0.6) is 11.5 Å². The van der Waals surface area contributed by atoms with Crippen molar-refractivity contribution in [3.05, 3.63) is 48.0 Å². The number of esters is 1. The Morgan fingerprint density at radius 1 is 1.18 bits per heavy atom. The van der Waals surface area contributed by atoms with Gasteiger partial charge in [-0.05, 0) is 44.0 Å². The predicted molar refractivity (Wildman–Crippen MR) is 120 cm³/mol. The molecule has 1 N–H and O–H groups in total. The van der Waals surface area contributed by atoms with Gasteiger partial charge in [-0.2, -0.15) is 9.57 Å². The number of amides is 1. The lowest BCUT2D eigenvalue weighted by Gasteiger charge is -2.25. The van der Waals surface area contributed by atoms with Crippen molar-refractivity contribution in [1.29, 1.82) is 5.26 Å². The summed E-state index contributed by atoms with van der Waals surface area (Å²) in [5, 5.41) is 11.7. The van der Waals surface area contributed by atoms with Crippen LogP contribution in [0.1, 0.15) is 25.3 Å². The number of carbonyl (C=O) groups excluding carboxylic acids is 2. The average molecular weight is 486 g/mol. The number of nitrogens with one attached hydrogen (secondary N) is 1. The normalized spacial score (nSPS) is 18.5. The van der Waals surface area contributed by atoms with Crippen molar-refractivity contribution in [1.82, 2.24) is 4.31 Å². The van der Waals surface area contributed by atoms with Gasteiger partial charge in [-0.25, -0.2) is 8.42 Å². The van der Waals surface area contributed by atoms with E-state index in [1.54, 1.807) is 24.3 Å². The minimum absolute atomic E-state index is 0.0182. The summed E-state index contributed by atoms with van der Waals surface area (Å²) in [5.41, 5.74) is 0.559. The van der Waals surface area contributed by atoms with E-state index in [4.69, 9.17) is 19.5 Å². The molecule has 1 amide bonds. The SMILES string of the molecule is C[C@@H](OC(=O)[C@H]1CCCN1S(=O)(=O)c1ccc2c(c1)OCCO2)C(=O)Nc1ccccc1C#N. The molecule has 2 aromatic carbocycles. The monoisotopic (exact) mass is 485 g/mol. The predicted octanol–water partition coefficient (Wildman–Crippen LogP) is 2.05. The zero-order valence-corrected chi connectivity index (χ0v) is 19.2. The van der Waals surface area contributed by atoms with E-state index in [0.29, 0.717) is 36.8 Å². The van der Waals surface area contributed by atoms with Gasteiger partial charge in [-0.15, -0.1) is 0 Å². The first kappa shape index (κ1) is 23.5. The first-order valence-electron chi connectivity index (χ1n) is 10.7. The highest BCUT2D eigenvalue weighted by Gasteiger charge is 2.41. The van der Waals surface area contributed by atoms with Crippen molar-refractivity contribution in [3.8, 4) is 17.6 Å². The van der Waals surface area contributed by atoms with Crippen LogP contribution >= 0.6 is 0 Å². The fourth-order valence-electron chi connectivity index (χ4n) is 3.81. The van der Waals surface area contributed by atoms with Crippen molar-refractivity contribution in [2.45, 2.75) is 36.8 Å². The van der Waals surface area contributed by atoms with Crippen molar-refractivity contribution < 1.29 is 32.2 Å². The molecule has 0 aliphatic carbocycles. The van der Waals surface area contributed by atoms with Crippen molar-refractivity contribution in [2.24, 2.45) is 0 Å². The van der Waals surface area contributed by atoms with Gasteiger partial charge in [-0.3, -0.25) is 9.59 Å². The highest BCUT2D eigenvalue weighted by Crippen LogP contribution is 2.35. The Bertz CT molecular complexity index is 1260. The maximum Gasteiger partial charge on any atom is 0.325 e. The van der Waals surface area contributed by atoms with E-state index in [1.807, 2.05) is 6.07 Å². The Kier molecular flexibility index (Phi) is 6.72. The lowest BCUT2D eigenvalue weighted by atomic mass is 10.2. The molecule has 0 radical (unpaired) electrons. The number of benzene rings is 2. The second-order valence-electron chi connectivity index (χ2n) is 7.81. The molecule has 0 bridgehead atoms. The fraction of sp³-hybridized carbons (Fsp3) is 0.348. The molecule has 11 heteroatoms. The van der Waals surface area contributed by atoms with Crippen LogP contribution in [0, 0.1) is 11.3 Å². The number of carbonyl (C=O) groups is 2. The summed E-state index contributed by atoms with van der Waals surface area (Å²) in [6, 6.07) is 11.7. The van der Waals surface area contributed by atoms with Crippen LogP contribution < -0.4 is 14.8 Å². The zero-order valence-electron chi connectivity index (χ0n) is 18.4. The number of nitriles is 1. The first-order chi connectivity index (χ1) is 16.3. The standard InChI is InChI=1S/C23H23N3O7S/c1-15(22(27)25-18-6-3-2-5-16(18)14-24)33-23(28)19-7-4-10-26(19)34(29,30)17-8-9-20-21(13-17)32-12-11-31-20/h2-3,5-6,8-9,13,15,19H,4,7,10-12H2,1H3,(H,25,27)/t15-,19-/m1/s1. The molecule has 1 fully saturated rings. The second-order valence-corrected chi connectivity index (χ2v) is 9.70. The van der Waals surface area contributed by atoms with Crippen LogP contribution in [-0.4, -0.2) is 56.5 Å². The summed E-state index contributed by atoms with van der Waals surface area (Å²) in [6.07, 6.45) is -0.452. The number of ether oxygens (including phenoxy) is 3. The van der Waals surface area contributed by atoms with Crippen LogP contribution in [0.2, 0.25) is 0 Å². The number of para-hydroxylation sites is 1. The van der Waals surface area contributed by atoms with Gasteiger partial charge >= 0.3 is 5.97 Å². The van der Waals surface area contributed by atoms with Gasteiger partial charge in [0.1, 0.15) is 25.3 Å². The lowest BCUT2D eigenvalue weighted by molar-refractivity contribution is -0.156. The molecule has 2 heterocycles. The third-order valence-corrected chi connectivity index (χ3v) is 7.47. The van der Waals surface area contributed by atoms with Gasteiger partial charge in [0.05, 0.1) is 16.1 Å². The zero-order chi connectivity index (χ0) is 24.3. The van der Waals surface area contributed by atoms with Gasteiger partial charge in [0.15, 0.2) is 17.6 Å². The summed E-state index contributed by atoms with van der Waals surface area (Å²) in [5.74, 6) is -0.654. The van der Waals surface area contributed by atoms with E-state index in [-0.39, 0.29) is 23.4 Å². The maximum atomic E-state index is 13.3. The Labute approximate surface area is 197 Å². The van der Waals surface area contributed by atoms with Crippen LogP contribution in [0.4, 0.5) is 5.69 Å². The molecular formula is C23H23N3O7S. The molecule has 2 aliphatic rings. The van der Waals surface area contributed by atoms with Crippen molar-refractivity contribution in [2.75, 3.05) is 25.1 Å². The van der Waals surface area contributed by atoms with E-state index < -0.39 is 34.0 Å². The van der Waals surface area contributed by atoms with Crippen LogP contribution in [-0.2, 0) is 24.3 Å². The van der Waals surface area contributed by atoms with Gasteiger partial charge in [-0.1, -0.05) is 12.1 Å². The van der Waals surface area contributed by atoms with Gasteiger partial charge in [0, 0.05) is 12.6 Å². The molecule has 4 rings (SSSR count). The Hall–Kier alpha value is -3.62. The summed E-state index contributed by atoms with van der Waals surface area (Å²) < 4.78 is 43.9. The lowest BCUT2D eigenvalue weighted by Crippen LogP contribution is -2.43. The van der Waals surface area contributed by atoms with Crippen LogP contribution in [0.15, 0.2) is 47.4 Å². The summed E-state index contributed by atoms with van der Waals surface area (Å²) >= 11 is 0. The molecule has 0 unspecified atom stereocenters. The van der Waals surface area contributed by atoms with Gasteiger partial charge in [0.25, 0.3) is 5.91 Å². The van der Waals surface area contributed by atoms with Gasteiger partial charge in [0.2, 0.25) is 10.0 Å². The smallest absolute Gasteiger partial charge is 0.325 e. The molecule has 2 atom stereocenters. The largest absolute Gasteiger partial charge is 0.486 e. The molecule has 34 heavy (non-hydrogen) atoms. The molecule has 0 spiro atoms. The van der Waals surface area contributed by atoms with Crippen molar-refractivity contribution >= 4 is 27.6 Å². The number of sulfonamides is 1. The van der Waals surface area contributed by atoms with E-state index in [0.717, 1.165) is 4.31 Å². The molecule has 1 saturated heterocycles. The highest BCUT2D eigenvalue weighted by molar-refractivity contribution is 7.89. The Morgan fingerprint density at radius 3 is 2.68 bits per heavy atom. The minimum Gasteiger partial charge on any atom is -0.486 e. The van der Waals surface area contributed by atoms with Crippen LogP contribution in [0.25, 0.3) is 0 Å². The number of fused-ring (bicyclic) bond motifs is 1. The molecule has 0 aromatic heterocycles. The number of hydrogen-bond donors (Lipinski definition) is 1. The summed E-state index contributed by atoms with van der Waals surface area (Å²) in [4.78, 5) is 25.3. The molecule has 2 aromatic rings. The summed E-state index contributed by atoms with van der Waals surface area (Å²) in [6.45, 7) is 2.23. The Balaban J connectivity index is 1.45. The Morgan fingerprint density at radius 2 is 1.91 bits per heavy atom. The number of nitrogens with zero attached hydrogens (tertiary/aromatic N) is 2. The first-order valence-corrected chi connectivity index (χ1v) is 12.2. The van der Waals surface area contributed by atoms with E-state index in [2.05, 4.69) is 5.32 Å². The fourth-order valence-corrected chi connectivity index (χ4v) is 5.48.